The Morgan fingerprint density at radius 3 is 1.27 bits per heavy atom. The van der Waals surface area contributed by atoms with E-state index in [1.54, 1.807) is 0 Å². The minimum absolute atomic E-state index is 0. The first-order valence-electron chi connectivity index (χ1n) is 1.47. The van der Waals surface area contributed by atoms with E-state index < -0.39 is 16.5 Å². The molecule has 0 aromatic rings. The SMILES string of the molecule is CCl.O=[P+]([O-])O[P+](=O)[O-].[Na+].[Na+]. The van der Waals surface area contributed by atoms with Crippen LogP contribution in [-0.4, -0.2) is 6.38 Å². The molecule has 0 spiro atoms. The normalized spacial score (nSPS) is 9.09. The zero-order valence-corrected chi connectivity index (χ0v) is 12.9. The molecule has 0 saturated carbocycles. The third-order valence-electron chi connectivity index (χ3n) is 0.133. The largest absolute Gasteiger partial charge is 1.00 e. The Labute approximate surface area is 115 Å². The standard InChI is InChI=1S/CH3Cl.2Na.O5P2/c1-2;;;1-6(2)5-7(3)4/h1H3;;;/q;2*+1;. The van der Waals surface area contributed by atoms with Crippen molar-refractivity contribution in [3.05, 3.63) is 0 Å². The van der Waals surface area contributed by atoms with Crippen molar-refractivity contribution in [3.8, 4) is 0 Å². The fourth-order valence-electron chi connectivity index (χ4n) is 0.0544. The molecule has 2 atom stereocenters. The van der Waals surface area contributed by atoms with Crippen LogP contribution in [0.25, 0.3) is 0 Å². The second kappa shape index (κ2) is 18.2. The molecule has 0 aromatic carbocycles. The van der Waals surface area contributed by atoms with Crippen LogP contribution in [0, 0.1) is 0 Å². The molecule has 0 heterocycles. The molecule has 0 rings (SSSR count). The average Bonchev–Trinajstić information content (AvgIpc) is 1.68. The Morgan fingerprint density at radius 2 is 1.27 bits per heavy atom. The van der Waals surface area contributed by atoms with Crippen LogP contribution in [0.3, 0.4) is 0 Å². The van der Waals surface area contributed by atoms with Crippen LogP contribution in [0.5, 0.6) is 0 Å². The maximum absolute atomic E-state index is 9.24. The Hall–Kier alpha value is 2.37. The predicted molar refractivity (Wildman–Crippen MR) is 28.1 cm³/mol. The van der Waals surface area contributed by atoms with E-state index in [0.29, 0.717) is 0 Å². The molecule has 0 radical (unpaired) electrons. The number of hydrogen-bond acceptors (Lipinski definition) is 5. The zero-order chi connectivity index (χ0) is 7.86. The van der Waals surface area contributed by atoms with Gasteiger partial charge in [-0.3, -0.25) is 0 Å². The van der Waals surface area contributed by atoms with Gasteiger partial charge in [-0.05, 0) is 9.13 Å². The minimum atomic E-state index is -3.24. The summed E-state index contributed by atoms with van der Waals surface area (Å²) in [6, 6.07) is 0. The van der Waals surface area contributed by atoms with Crippen LogP contribution >= 0.6 is 28.1 Å². The van der Waals surface area contributed by atoms with E-state index in [1.165, 1.54) is 6.38 Å². The van der Waals surface area contributed by atoms with Gasteiger partial charge in [0.05, 0.1) is 0 Å². The molecule has 0 N–H and O–H groups in total. The zero-order valence-electron chi connectivity index (χ0n) is 6.31. The van der Waals surface area contributed by atoms with E-state index in [1.807, 2.05) is 0 Å². The molecule has 0 aliphatic heterocycles. The summed E-state index contributed by atoms with van der Waals surface area (Å²) in [5, 5.41) is 0. The Bertz CT molecular complexity index is 98.7. The molecular weight excluding hydrogens is 235 g/mol. The average molecular weight is 238 g/mol. The van der Waals surface area contributed by atoms with Crippen LogP contribution in [0.4, 0.5) is 0 Å². The molecule has 0 aliphatic rings. The molecule has 0 aromatic heterocycles. The van der Waals surface area contributed by atoms with Crippen molar-refractivity contribution >= 4 is 28.1 Å². The maximum Gasteiger partial charge on any atom is 1.00 e. The van der Waals surface area contributed by atoms with Crippen molar-refractivity contribution in [2.45, 2.75) is 0 Å². The first-order chi connectivity index (χ1) is 4.13. The first kappa shape index (κ1) is 23.3. The van der Waals surface area contributed by atoms with Gasteiger partial charge in [0.1, 0.15) is 4.31 Å². The third kappa shape index (κ3) is 32.8. The fourth-order valence-corrected chi connectivity index (χ4v) is 0.490. The molecule has 0 saturated heterocycles. The number of hydrogen-bond donors (Lipinski definition) is 0. The van der Waals surface area contributed by atoms with Crippen molar-refractivity contribution in [1.29, 1.82) is 0 Å². The van der Waals surface area contributed by atoms with Gasteiger partial charge in [-0.2, -0.15) is 0 Å². The van der Waals surface area contributed by atoms with Crippen LogP contribution in [0.1, 0.15) is 0 Å². The van der Waals surface area contributed by atoms with Crippen LogP contribution < -0.4 is 68.9 Å². The maximum atomic E-state index is 9.24. The van der Waals surface area contributed by atoms with E-state index in [0.717, 1.165) is 0 Å². The van der Waals surface area contributed by atoms with Gasteiger partial charge >= 0.3 is 75.6 Å². The first-order valence-corrected chi connectivity index (χ1v) is 4.42. The summed E-state index contributed by atoms with van der Waals surface area (Å²) in [5.41, 5.74) is 0. The molecule has 54 valence electrons. The van der Waals surface area contributed by atoms with Gasteiger partial charge in [0.15, 0.2) is 0 Å². The molecule has 0 fully saturated rings. The summed E-state index contributed by atoms with van der Waals surface area (Å²) >= 11 is 4.64. The quantitative estimate of drug-likeness (QED) is 0.271. The smallest absolute Gasteiger partial charge is 0.563 e. The van der Waals surface area contributed by atoms with E-state index in [9.17, 15) is 18.9 Å². The van der Waals surface area contributed by atoms with Crippen LogP contribution in [0.2, 0.25) is 0 Å². The monoisotopic (exact) mass is 238 g/mol. The van der Waals surface area contributed by atoms with Crippen molar-refractivity contribution in [1.82, 2.24) is 0 Å². The number of halogens is 1. The number of rotatable bonds is 2. The molecule has 0 bridgehead atoms. The van der Waals surface area contributed by atoms with Gasteiger partial charge in [0.25, 0.3) is 0 Å². The van der Waals surface area contributed by atoms with Gasteiger partial charge in [-0.1, -0.05) is 0 Å². The Kier molecular flexibility index (Phi) is 38.6. The van der Waals surface area contributed by atoms with Gasteiger partial charge in [0, 0.05) is 6.38 Å². The molecule has 2 unspecified atom stereocenters. The molecule has 0 aliphatic carbocycles. The Morgan fingerprint density at radius 1 is 1.09 bits per heavy atom. The summed E-state index contributed by atoms with van der Waals surface area (Å²) < 4.78 is 21.6. The second-order valence-corrected chi connectivity index (χ2v) is 2.08. The van der Waals surface area contributed by atoms with Crippen LogP contribution in [-0.2, 0) is 13.4 Å². The predicted octanol–water partition coefficient (Wildman–Crippen LogP) is -6.10. The van der Waals surface area contributed by atoms with E-state index >= 15 is 0 Å². The molecule has 5 nitrogen and oxygen atoms in total. The van der Waals surface area contributed by atoms with Gasteiger partial charge in [0.2, 0.25) is 0 Å². The molecular formula is CH3ClNa2O5P2+2. The molecule has 10 heteroatoms. The summed E-state index contributed by atoms with van der Waals surface area (Å²) in [4.78, 5) is 18.5. The van der Waals surface area contributed by atoms with Gasteiger partial charge in [-0.15, -0.1) is 11.6 Å². The molecule has 11 heavy (non-hydrogen) atoms. The fraction of sp³-hybridized carbons (Fsp3) is 1.00. The third-order valence-corrected chi connectivity index (χ3v) is 1.20. The summed E-state index contributed by atoms with van der Waals surface area (Å²) in [5.74, 6) is 0. The summed E-state index contributed by atoms with van der Waals surface area (Å²) in [7, 11) is -6.47. The van der Waals surface area contributed by atoms with Crippen molar-refractivity contribution in [2.75, 3.05) is 6.38 Å². The van der Waals surface area contributed by atoms with Gasteiger partial charge in [-0.25, -0.2) is 0 Å². The van der Waals surface area contributed by atoms with Crippen LogP contribution in [0.15, 0.2) is 0 Å². The van der Waals surface area contributed by atoms with Gasteiger partial charge < -0.3 is 9.79 Å². The van der Waals surface area contributed by atoms with Crippen molar-refractivity contribution in [2.24, 2.45) is 0 Å². The summed E-state index contributed by atoms with van der Waals surface area (Å²) in [6.45, 7) is 0. The molecule has 0 amide bonds. The van der Waals surface area contributed by atoms with E-state index in [4.69, 9.17) is 0 Å². The Balaban J connectivity index is -0.0000000564. The van der Waals surface area contributed by atoms with Crippen molar-refractivity contribution in [3.63, 3.8) is 0 Å². The van der Waals surface area contributed by atoms with Crippen molar-refractivity contribution < 1.29 is 82.3 Å². The van der Waals surface area contributed by atoms with E-state index in [-0.39, 0.29) is 59.1 Å². The second-order valence-electron chi connectivity index (χ2n) is 0.529. The minimum Gasteiger partial charge on any atom is -0.563 e. The number of alkyl halides is 1. The van der Waals surface area contributed by atoms with E-state index in [2.05, 4.69) is 15.9 Å². The summed E-state index contributed by atoms with van der Waals surface area (Å²) in [6.07, 6.45) is 1.47. The topological polar surface area (TPSA) is 89.5 Å².